The molecule has 53 heavy (non-hydrogen) atoms. The number of carbonyl (C=O) groups excluding carboxylic acids is 4. The molecule has 276 valence electrons. The van der Waals surface area contributed by atoms with Gasteiger partial charge in [-0.25, -0.2) is 4.79 Å². The Morgan fingerprint density at radius 1 is 0.868 bits per heavy atom. The number of likely N-dealkylation sites (tertiary alicyclic amines) is 1. The molecule has 4 amide bonds. The summed E-state index contributed by atoms with van der Waals surface area (Å²) in [6.45, 7) is 3.84. The number of nitrogens with two attached hydrogens (primary N) is 1. The first-order valence-corrected chi connectivity index (χ1v) is 19.1. The number of amides is 4. The molecule has 3 aromatic rings. The van der Waals surface area contributed by atoms with E-state index in [0.717, 1.165) is 62.4 Å². The lowest BCUT2D eigenvalue weighted by Gasteiger charge is -2.37. The van der Waals surface area contributed by atoms with E-state index in [9.17, 15) is 29.2 Å². The highest BCUT2D eigenvalue weighted by molar-refractivity contribution is 6.00. The van der Waals surface area contributed by atoms with Crippen molar-refractivity contribution in [2.75, 3.05) is 49.1 Å². The van der Waals surface area contributed by atoms with Crippen LogP contribution in [0.2, 0.25) is 0 Å². The summed E-state index contributed by atoms with van der Waals surface area (Å²) >= 11 is 0. The molecular formula is C39H45N9O5. The van der Waals surface area contributed by atoms with Gasteiger partial charge in [0.25, 0.3) is 0 Å². The summed E-state index contributed by atoms with van der Waals surface area (Å²) < 4.78 is 1.45. The lowest BCUT2D eigenvalue weighted by Crippen LogP contribution is -2.55. The third kappa shape index (κ3) is 5.95. The van der Waals surface area contributed by atoms with E-state index in [1.807, 2.05) is 34.1 Å². The van der Waals surface area contributed by atoms with Gasteiger partial charge in [-0.3, -0.25) is 29.1 Å². The molecule has 3 unspecified atom stereocenters. The van der Waals surface area contributed by atoms with E-state index >= 15 is 0 Å². The van der Waals surface area contributed by atoms with Gasteiger partial charge >= 0.3 is 5.69 Å². The number of piperazine rings is 1. The molecule has 2 aromatic carbocycles. The number of rotatable bonds is 5. The number of imidazole rings is 1. The van der Waals surface area contributed by atoms with Crippen LogP contribution < -0.4 is 26.5 Å². The molecule has 1 aromatic heterocycles. The van der Waals surface area contributed by atoms with Crippen LogP contribution in [0, 0.1) is 29.1 Å². The van der Waals surface area contributed by atoms with Crippen molar-refractivity contribution in [2.45, 2.75) is 75.0 Å². The maximum absolute atomic E-state index is 14.1. The quantitative estimate of drug-likeness (QED) is 0.332. The molecule has 14 nitrogen and oxygen atoms in total. The van der Waals surface area contributed by atoms with Crippen molar-refractivity contribution < 1.29 is 19.2 Å². The predicted molar refractivity (Wildman–Crippen MR) is 196 cm³/mol. The van der Waals surface area contributed by atoms with Gasteiger partial charge in [0.2, 0.25) is 23.6 Å². The first kappa shape index (κ1) is 33.7. The number of fused-ring (bicyclic) bond motifs is 3. The van der Waals surface area contributed by atoms with Crippen molar-refractivity contribution in [1.82, 2.24) is 24.7 Å². The SMILES string of the molecule is N#CC1CN(C(=O)[C@@H]2CC[C@@H]3C[C@H]4C[C@H]4C[C@H](N)C(=O)N32)CC1c1cccc(N2CCN(c3ccc4c(c3)[nH]c(=O)n4C3CCC(=O)NC3=O)CC2)c1. The van der Waals surface area contributed by atoms with Gasteiger partial charge in [0.1, 0.15) is 12.1 Å². The molecule has 1 aliphatic carbocycles. The number of hydrogen-bond donors (Lipinski definition) is 3. The minimum Gasteiger partial charge on any atom is -0.368 e. The number of nitrogens with zero attached hydrogens (tertiary/aromatic N) is 6. The molecule has 0 radical (unpaired) electrons. The molecule has 9 rings (SSSR count). The molecule has 1 saturated carbocycles. The van der Waals surface area contributed by atoms with E-state index in [2.05, 4.69) is 44.4 Å². The molecule has 6 fully saturated rings. The lowest BCUT2D eigenvalue weighted by molar-refractivity contribution is -0.146. The van der Waals surface area contributed by atoms with Crippen LogP contribution in [0.3, 0.4) is 0 Å². The third-order valence-corrected chi connectivity index (χ3v) is 12.9. The van der Waals surface area contributed by atoms with Crippen molar-refractivity contribution in [3.05, 3.63) is 58.5 Å². The van der Waals surface area contributed by atoms with Gasteiger partial charge in [-0.15, -0.1) is 0 Å². The molecule has 5 saturated heterocycles. The van der Waals surface area contributed by atoms with E-state index in [1.165, 1.54) is 4.57 Å². The summed E-state index contributed by atoms with van der Waals surface area (Å²) in [5, 5.41) is 12.6. The highest BCUT2D eigenvalue weighted by Crippen LogP contribution is 2.49. The number of nitriles is 1. The Labute approximate surface area is 306 Å². The van der Waals surface area contributed by atoms with Gasteiger partial charge in [-0.1, -0.05) is 12.1 Å². The molecule has 0 bridgehead atoms. The van der Waals surface area contributed by atoms with E-state index < -0.39 is 24.0 Å². The van der Waals surface area contributed by atoms with E-state index in [-0.39, 0.29) is 54.1 Å². The number of hydrogen-bond acceptors (Lipinski definition) is 9. The topological polar surface area (TPSA) is 181 Å². The summed E-state index contributed by atoms with van der Waals surface area (Å²) in [5.74, 6) is -0.209. The second kappa shape index (κ2) is 13.1. The van der Waals surface area contributed by atoms with Crippen LogP contribution in [0.25, 0.3) is 11.0 Å². The Morgan fingerprint density at radius 2 is 1.62 bits per heavy atom. The zero-order chi connectivity index (χ0) is 36.5. The van der Waals surface area contributed by atoms with E-state index in [1.54, 1.807) is 0 Å². The number of piperidine rings is 1. The standard InChI is InChI=1S/C39H45N9O5/c40-19-25-20-46(38(52)34-7-5-28-16-23-14-24(23)17-30(41)37(51)47(28)34)21-29(25)22-2-1-3-26(15-22)44-10-12-45(13-11-44)27-4-6-32-31(18-27)42-39(53)48(32)33-8-9-35(49)43-36(33)50/h1-4,6,15,18,23-25,28-30,33-34H,5,7-14,16-17,20-21,41H2,(H,42,53)(H,43,49,50)/t23-,24+,25?,28-,29?,30+,33?,34+/m1/s1. The number of anilines is 2. The predicted octanol–water partition coefficient (Wildman–Crippen LogP) is 1.82. The van der Waals surface area contributed by atoms with Crippen molar-refractivity contribution in [3.8, 4) is 6.07 Å². The molecular weight excluding hydrogens is 674 g/mol. The molecule has 14 heteroatoms. The fraction of sp³-hybridized carbons (Fsp3) is 0.538. The molecule has 5 aliphatic heterocycles. The smallest absolute Gasteiger partial charge is 0.327 e. The monoisotopic (exact) mass is 719 g/mol. The number of carbonyl (C=O) groups is 4. The zero-order valence-corrected chi connectivity index (χ0v) is 29.7. The van der Waals surface area contributed by atoms with Gasteiger partial charge in [0.05, 0.1) is 29.1 Å². The Hall–Kier alpha value is -5.16. The fourth-order valence-corrected chi connectivity index (χ4v) is 9.94. The van der Waals surface area contributed by atoms with Crippen molar-refractivity contribution in [1.29, 1.82) is 5.26 Å². The Kier molecular flexibility index (Phi) is 8.29. The van der Waals surface area contributed by atoms with Crippen LogP contribution in [0.1, 0.15) is 62.5 Å². The largest absolute Gasteiger partial charge is 0.368 e. The maximum atomic E-state index is 14.1. The minimum atomic E-state index is -0.727. The summed E-state index contributed by atoms with van der Waals surface area (Å²) in [6.07, 6.45) is 4.78. The third-order valence-electron chi connectivity index (χ3n) is 12.9. The number of benzene rings is 2. The molecule has 4 N–H and O–H groups in total. The minimum absolute atomic E-state index is 0.0502. The zero-order valence-electron chi connectivity index (χ0n) is 29.7. The average molecular weight is 720 g/mol. The number of imide groups is 1. The summed E-state index contributed by atoms with van der Waals surface area (Å²) in [7, 11) is 0. The molecule has 6 heterocycles. The molecule has 6 aliphatic rings. The van der Waals surface area contributed by atoms with Crippen molar-refractivity contribution in [3.63, 3.8) is 0 Å². The Balaban J connectivity index is 0.859. The van der Waals surface area contributed by atoms with Gasteiger partial charge in [-0.2, -0.15) is 5.26 Å². The summed E-state index contributed by atoms with van der Waals surface area (Å²) in [5.41, 5.74) is 10.3. The van der Waals surface area contributed by atoms with Gasteiger partial charge in [0, 0.05) is 69.0 Å². The fourth-order valence-electron chi connectivity index (χ4n) is 9.94. The van der Waals surface area contributed by atoms with Crippen LogP contribution in [0.15, 0.2) is 47.3 Å². The van der Waals surface area contributed by atoms with Crippen molar-refractivity contribution >= 4 is 46.0 Å². The first-order valence-electron chi connectivity index (χ1n) is 19.1. The number of nitrogens with one attached hydrogen (secondary N) is 2. The van der Waals surface area contributed by atoms with Crippen LogP contribution >= 0.6 is 0 Å². The summed E-state index contributed by atoms with van der Waals surface area (Å²) in [4.78, 5) is 75.7. The van der Waals surface area contributed by atoms with Crippen LogP contribution in [0.4, 0.5) is 11.4 Å². The Bertz CT molecular complexity index is 2100. The molecule has 0 spiro atoms. The summed E-state index contributed by atoms with van der Waals surface area (Å²) in [6, 6.07) is 14.9. The first-order chi connectivity index (χ1) is 25.7. The van der Waals surface area contributed by atoms with E-state index in [0.29, 0.717) is 48.8 Å². The van der Waals surface area contributed by atoms with Gasteiger partial charge in [-0.05, 0) is 86.3 Å². The number of aromatic amines is 1. The van der Waals surface area contributed by atoms with Crippen LogP contribution in [-0.2, 0) is 19.2 Å². The second-order valence-electron chi connectivity index (χ2n) is 15.9. The lowest BCUT2D eigenvalue weighted by atomic mass is 9.89. The van der Waals surface area contributed by atoms with Crippen molar-refractivity contribution in [2.24, 2.45) is 23.5 Å². The van der Waals surface area contributed by atoms with Crippen LogP contribution in [-0.4, -0.2) is 100 Å². The van der Waals surface area contributed by atoms with E-state index in [4.69, 9.17) is 5.73 Å². The maximum Gasteiger partial charge on any atom is 0.327 e. The van der Waals surface area contributed by atoms with Gasteiger partial charge in [0.15, 0.2) is 0 Å². The number of H-pyrrole nitrogens is 1. The average Bonchev–Trinajstić information content (AvgIpc) is 3.45. The Morgan fingerprint density at radius 3 is 2.38 bits per heavy atom. The highest BCUT2D eigenvalue weighted by Gasteiger charge is 2.51. The van der Waals surface area contributed by atoms with Crippen LogP contribution in [0.5, 0.6) is 0 Å². The number of aromatic nitrogens is 2. The van der Waals surface area contributed by atoms with Gasteiger partial charge < -0.3 is 30.3 Å². The molecule has 8 atom stereocenters. The normalized spacial score (nSPS) is 31.5. The second-order valence-corrected chi connectivity index (χ2v) is 15.9. The highest BCUT2D eigenvalue weighted by atomic mass is 16.2.